The Morgan fingerprint density at radius 1 is 1.45 bits per heavy atom. The Kier molecular flexibility index (Phi) is 4.81. The van der Waals surface area contributed by atoms with E-state index in [0.717, 1.165) is 0 Å². The lowest BCUT2D eigenvalue weighted by molar-refractivity contribution is -0.124. The average Bonchev–Trinajstić information content (AvgIpc) is 1.86. The Morgan fingerprint density at radius 2 is 2.00 bits per heavy atom. The molecule has 11 heavy (non-hydrogen) atoms. The second-order valence-corrected chi connectivity index (χ2v) is 2.72. The summed E-state index contributed by atoms with van der Waals surface area (Å²) in [7, 11) is 0. The predicted octanol–water partition coefficient (Wildman–Crippen LogP) is -0.541. The molecule has 0 aromatic heterocycles. The van der Waals surface area contributed by atoms with Crippen molar-refractivity contribution in [1.82, 2.24) is 5.32 Å². The van der Waals surface area contributed by atoms with E-state index in [1.54, 1.807) is 13.8 Å². The van der Waals surface area contributed by atoms with Gasteiger partial charge in [0.15, 0.2) is 6.29 Å². The van der Waals surface area contributed by atoms with Gasteiger partial charge in [-0.3, -0.25) is 4.79 Å². The van der Waals surface area contributed by atoms with Crippen molar-refractivity contribution < 1.29 is 15.0 Å². The number of aliphatic hydroxyl groups is 2. The van der Waals surface area contributed by atoms with Crippen molar-refractivity contribution in [2.24, 2.45) is 5.92 Å². The minimum atomic E-state index is -1.33. The first kappa shape index (κ1) is 10.4. The van der Waals surface area contributed by atoms with Crippen LogP contribution in [0, 0.1) is 5.92 Å². The van der Waals surface area contributed by atoms with E-state index in [9.17, 15) is 4.79 Å². The molecule has 0 rings (SSSR count). The van der Waals surface area contributed by atoms with Crippen molar-refractivity contribution in [1.29, 1.82) is 0 Å². The highest BCUT2D eigenvalue weighted by Gasteiger charge is 2.05. The van der Waals surface area contributed by atoms with Gasteiger partial charge >= 0.3 is 0 Å². The van der Waals surface area contributed by atoms with Crippen LogP contribution in [0.2, 0.25) is 0 Å². The van der Waals surface area contributed by atoms with E-state index in [1.807, 2.05) is 0 Å². The largest absolute Gasteiger partial charge is 0.368 e. The summed E-state index contributed by atoms with van der Waals surface area (Å²) in [6, 6.07) is 0. The molecule has 0 aromatic carbocycles. The third-order valence-corrected chi connectivity index (χ3v) is 1.23. The van der Waals surface area contributed by atoms with Gasteiger partial charge in [-0.1, -0.05) is 13.8 Å². The molecule has 1 amide bonds. The van der Waals surface area contributed by atoms with Gasteiger partial charge in [-0.15, -0.1) is 0 Å². The van der Waals surface area contributed by atoms with Gasteiger partial charge in [0.25, 0.3) is 0 Å². The normalized spacial score (nSPS) is 10.7. The molecule has 0 aliphatic rings. The van der Waals surface area contributed by atoms with Crippen LogP contribution in [0.1, 0.15) is 20.3 Å². The van der Waals surface area contributed by atoms with Crippen LogP contribution in [-0.4, -0.2) is 29.0 Å². The smallest absolute Gasteiger partial charge is 0.222 e. The fourth-order valence-electron chi connectivity index (χ4n) is 0.529. The van der Waals surface area contributed by atoms with Crippen LogP contribution in [0.15, 0.2) is 0 Å². The third-order valence-electron chi connectivity index (χ3n) is 1.23. The second-order valence-electron chi connectivity index (χ2n) is 2.72. The molecule has 0 unspecified atom stereocenters. The van der Waals surface area contributed by atoms with Gasteiger partial charge in [0.05, 0.1) is 0 Å². The van der Waals surface area contributed by atoms with Crippen LogP contribution in [0.25, 0.3) is 0 Å². The number of hydrogen-bond acceptors (Lipinski definition) is 3. The number of nitrogens with one attached hydrogen (secondary N) is 1. The highest BCUT2D eigenvalue weighted by molar-refractivity contribution is 5.77. The first-order chi connectivity index (χ1) is 5.04. The lowest BCUT2D eigenvalue weighted by Gasteiger charge is -2.07. The standard InChI is InChI=1S/C7H15NO3/c1-5(2)7(11)8-4-3-6(9)10/h5-6,9-10H,3-4H2,1-2H3,(H,8,11). The molecule has 66 valence electrons. The van der Waals surface area contributed by atoms with E-state index in [-0.39, 0.29) is 18.2 Å². The van der Waals surface area contributed by atoms with Crippen LogP contribution in [0.5, 0.6) is 0 Å². The molecule has 0 aliphatic carbocycles. The molecule has 4 heteroatoms. The highest BCUT2D eigenvalue weighted by Crippen LogP contribution is 1.91. The molecule has 0 spiro atoms. The molecule has 0 heterocycles. The molecule has 0 aliphatic heterocycles. The first-order valence-corrected chi connectivity index (χ1v) is 3.68. The van der Waals surface area contributed by atoms with Gasteiger partial charge in [-0.2, -0.15) is 0 Å². The van der Waals surface area contributed by atoms with Crippen LogP contribution < -0.4 is 5.32 Å². The number of aliphatic hydroxyl groups excluding tert-OH is 1. The molecule has 0 saturated heterocycles. The average molecular weight is 161 g/mol. The zero-order valence-electron chi connectivity index (χ0n) is 6.87. The molecule has 0 bridgehead atoms. The van der Waals surface area contributed by atoms with Crippen molar-refractivity contribution in [3.8, 4) is 0 Å². The summed E-state index contributed by atoms with van der Waals surface area (Å²) in [6.45, 7) is 3.88. The monoisotopic (exact) mass is 161 g/mol. The Labute approximate surface area is 66.2 Å². The van der Waals surface area contributed by atoms with Gasteiger partial charge < -0.3 is 15.5 Å². The van der Waals surface area contributed by atoms with Gasteiger partial charge in [-0.25, -0.2) is 0 Å². The molecule has 0 saturated carbocycles. The van der Waals surface area contributed by atoms with Crippen LogP contribution in [0.3, 0.4) is 0 Å². The van der Waals surface area contributed by atoms with Crippen molar-refractivity contribution >= 4 is 5.91 Å². The van der Waals surface area contributed by atoms with Crippen molar-refractivity contribution in [3.63, 3.8) is 0 Å². The number of carbonyl (C=O) groups excluding carboxylic acids is 1. The van der Waals surface area contributed by atoms with E-state index >= 15 is 0 Å². The summed E-state index contributed by atoms with van der Waals surface area (Å²) in [5.41, 5.74) is 0. The van der Waals surface area contributed by atoms with Gasteiger partial charge in [-0.05, 0) is 0 Å². The van der Waals surface area contributed by atoms with Crippen molar-refractivity contribution in [2.75, 3.05) is 6.54 Å². The summed E-state index contributed by atoms with van der Waals surface area (Å²) < 4.78 is 0. The highest BCUT2D eigenvalue weighted by atomic mass is 16.5. The Hall–Kier alpha value is -0.610. The molecule has 3 N–H and O–H groups in total. The molecular formula is C7H15NO3. The van der Waals surface area contributed by atoms with Crippen LogP contribution in [-0.2, 0) is 4.79 Å². The quantitative estimate of drug-likeness (QED) is 0.485. The topological polar surface area (TPSA) is 69.6 Å². The first-order valence-electron chi connectivity index (χ1n) is 3.68. The van der Waals surface area contributed by atoms with Gasteiger partial charge in [0, 0.05) is 18.9 Å². The maximum Gasteiger partial charge on any atom is 0.222 e. The second kappa shape index (κ2) is 5.09. The molecule has 0 aromatic rings. The van der Waals surface area contributed by atoms with E-state index in [0.29, 0.717) is 6.54 Å². The van der Waals surface area contributed by atoms with Gasteiger partial charge in [0.1, 0.15) is 0 Å². The van der Waals surface area contributed by atoms with E-state index in [2.05, 4.69) is 5.32 Å². The Morgan fingerprint density at radius 3 is 2.36 bits per heavy atom. The predicted molar refractivity (Wildman–Crippen MR) is 40.7 cm³/mol. The number of hydrogen-bond donors (Lipinski definition) is 3. The maximum atomic E-state index is 10.8. The summed E-state index contributed by atoms with van der Waals surface area (Å²) in [5.74, 6) is -0.114. The van der Waals surface area contributed by atoms with Crippen molar-refractivity contribution in [3.05, 3.63) is 0 Å². The fourth-order valence-corrected chi connectivity index (χ4v) is 0.529. The third kappa shape index (κ3) is 5.82. The minimum absolute atomic E-state index is 0.0502. The lowest BCUT2D eigenvalue weighted by atomic mass is 10.2. The molecular weight excluding hydrogens is 146 g/mol. The number of amides is 1. The molecule has 0 fully saturated rings. The summed E-state index contributed by atoms with van der Waals surface area (Å²) >= 11 is 0. The SMILES string of the molecule is CC(C)C(=O)NCCC(O)O. The fraction of sp³-hybridized carbons (Fsp3) is 0.857. The van der Waals surface area contributed by atoms with E-state index in [1.165, 1.54) is 0 Å². The van der Waals surface area contributed by atoms with Crippen molar-refractivity contribution in [2.45, 2.75) is 26.6 Å². The van der Waals surface area contributed by atoms with Crippen LogP contribution in [0.4, 0.5) is 0 Å². The summed E-state index contributed by atoms with van der Waals surface area (Å²) in [6.07, 6.45) is -1.15. The lowest BCUT2D eigenvalue weighted by Crippen LogP contribution is -2.30. The zero-order valence-corrected chi connectivity index (χ0v) is 6.87. The van der Waals surface area contributed by atoms with Crippen LogP contribution >= 0.6 is 0 Å². The minimum Gasteiger partial charge on any atom is -0.368 e. The van der Waals surface area contributed by atoms with E-state index < -0.39 is 6.29 Å². The van der Waals surface area contributed by atoms with Gasteiger partial charge in [0.2, 0.25) is 5.91 Å². The molecule has 0 radical (unpaired) electrons. The number of carbonyl (C=O) groups is 1. The van der Waals surface area contributed by atoms with E-state index in [4.69, 9.17) is 10.2 Å². The number of rotatable bonds is 4. The summed E-state index contributed by atoms with van der Waals surface area (Å²) in [4.78, 5) is 10.8. The zero-order chi connectivity index (χ0) is 8.85. The maximum absolute atomic E-state index is 10.8. The molecule has 0 atom stereocenters. The summed E-state index contributed by atoms with van der Waals surface area (Å²) in [5, 5.41) is 19.4. The Bertz CT molecular complexity index is 123. The molecule has 4 nitrogen and oxygen atoms in total. The Balaban J connectivity index is 3.32.